The summed E-state index contributed by atoms with van der Waals surface area (Å²) in [4.78, 5) is 0. The summed E-state index contributed by atoms with van der Waals surface area (Å²) in [7, 11) is 0. The van der Waals surface area contributed by atoms with Gasteiger partial charge in [-0.2, -0.15) is 0 Å². The molecule has 7 aliphatic rings. The number of hydrogen-bond acceptors (Lipinski definition) is 1. The van der Waals surface area contributed by atoms with Gasteiger partial charge in [-0.15, -0.1) is 0 Å². The third-order valence-electron chi connectivity index (χ3n) is 6.63. The Morgan fingerprint density at radius 2 is 1.36 bits per heavy atom. The number of ether oxygens (including phenoxy) is 1. The van der Waals surface area contributed by atoms with Crippen LogP contribution >= 0.6 is 23.2 Å². The van der Waals surface area contributed by atoms with Gasteiger partial charge in [-0.25, -0.2) is 0 Å². The quantitative estimate of drug-likeness (QED) is 0.579. The first kappa shape index (κ1) is 6.98. The lowest BCUT2D eigenvalue weighted by atomic mass is 9.60. The van der Waals surface area contributed by atoms with Crippen molar-refractivity contribution in [3.63, 3.8) is 0 Å². The van der Waals surface area contributed by atoms with Gasteiger partial charge >= 0.3 is 0 Å². The summed E-state index contributed by atoms with van der Waals surface area (Å²) in [6.07, 6.45) is 1.42. The molecule has 0 spiro atoms. The van der Waals surface area contributed by atoms with Gasteiger partial charge in [-0.3, -0.25) is 0 Å². The minimum absolute atomic E-state index is 0.311. The predicted octanol–water partition coefficient (Wildman–Crippen LogP) is 2.27. The van der Waals surface area contributed by atoms with Crippen LogP contribution in [0.15, 0.2) is 0 Å². The topological polar surface area (TPSA) is 9.23 Å². The fourth-order valence-electron chi connectivity index (χ4n) is 6.89. The third-order valence-corrected chi connectivity index (χ3v) is 7.80. The molecule has 7 rings (SSSR count). The van der Waals surface area contributed by atoms with Crippen LogP contribution in [0.5, 0.6) is 0 Å². The van der Waals surface area contributed by atoms with Crippen molar-refractivity contribution in [2.75, 3.05) is 0 Å². The molecule has 0 aromatic carbocycles. The molecule has 0 aromatic rings. The molecule has 3 heteroatoms. The summed E-state index contributed by atoms with van der Waals surface area (Å²) in [5, 5.41) is -0.623. The highest BCUT2D eigenvalue weighted by Gasteiger charge is 2.97. The van der Waals surface area contributed by atoms with E-state index < -0.39 is 0 Å². The molecule has 0 aromatic heterocycles. The first-order valence-electron chi connectivity index (χ1n) is 5.76. The molecule has 0 unspecified atom stereocenters. The molecule has 0 amide bonds. The van der Waals surface area contributed by atoms with Crippen molar-refractivity contribution in [2.45, 2.75) is 16.5 Å². The maximum Gasteiger partial charge on any atom is 0.151 e. The summed E-state index contributed by atoms with van der Waals surface area (Å²) in [5.74, 6) is 6.09. The van der Waals surface area contributed by atoms with Gasteiger partial charge in [-0.1, -0.05) is 23.2 Å². The van der Waals surface area contributed by atoms with E-state index in [9.17, 15) is 0 Å². The first-order chi connectivity index (χ1) is 6.68. The Balaban J connectivity index is 1.83. The minimum atomic E-state index is -0.311. The van der Waals surface area contributed by atoms with Crippen LogP contribution in [0.1, 0.15) is 6.42 Å². The van der Waals surface area contributed by atoms with E-state index in [2.05, 4.69) is 0 Å². The molecule has 74 valence electrons. The van der Waals surface area contributed by atoms with E-state index in [0.29, 0.717) is 23.7 Å². The molecule has 14 heavy (non-hydrogen) atoms. The Bertz CT molecular complexity index is 372. The molecular weight excluding hydrogens is 219 g/mol. The van der Waals surface area contributed by atoms with E-state index in [4.69, 9.17) is 27.9 Å². The van der Waals surface area contributed by atoms with E-state index >= 15 is 0 Å². The normalized spacial score (nSPS) is 93.0. The zero-order valence-electron chi connectivity index (χ0n) is 7.49. The number of halogens is 2. The number of hydrogen-bond donors (Lipinski definition) is 0. The second-order valence-corrected chi connectivity index (χ2v) is 7.50. The lowest BCUT2D eigenvalue weighted by molar-refractivity contribution is 0.0237. The summed E-state index contributed by atoms with van der Waals surface area (Å²) < 4.78 is 6.07. The van der Waals surface area contributed by atoms with Gasteiger partial charge in [0, 0.05) is 23.7 Å². The van der Waals surface area contributed by atoms with E-state index in [1.807, 2.05) is 0 Å². The van der Waals surface area contributed by atoms with Crippen LogP contribution in [0.2, 0.25) is 0 Å². The van der Waals surface area contributed by atoms with Gasteiger partial charge in [0.15, 0.2) is 10.1 Å². The summed E-state index contributed by atoms with van der Waals surface area (Å²) >= 11 is 13.4. The maximum absolute atomic E-state index is 6.71. The van der Waals surface area contributed by atoms with E-state index in [1.54, 1.807) is 0 Å². The maximum atomic E-state index is 6.71. The first-order valence-corrected chi connectivity index (χ1v) is 6.51. The van der Waals surface area contributed by atoms with Crippen molar-refractivity contribution < 1.29 is 4.74 Å². The predicted molar refractivity (Wildman–Crippen MR) is 50.8 cm³/mol. The van der Waals surface area contributed by atoms with Gasteiger partial charge < -0.3 is 4.74 Å². The fourth-order valence-corrected chi connectivity index (χ4v) is 8.35. The second kappa shape index (κ2) is 1.43. The summed E-state index contributed by atoms with van der Waals surface area (Å²) in [6.45, 7) is 0. The fraction of sp³-hybridized carbons (Fsp3) is 1.00. The Morgan fingerprint density at radius 1 is 0.857 bits per heavy atom. The third kappa shape index (κ3) is 0.336. The van der Waals surface area contributed by atoms with Crippen LogP contribution in [-0.4, -0.2) is 10.1 Å². The number of rotatable bonds is 0. The van der Waals surface area contributed by atoms with Crippen molar-refractivity contribution in [1.29, 1.82) is 0 Å². The molecule has 5 saturated carbocycles. The standard InChI is InChI=1S/C11H10Cl2O/c12-10-6-2-1-3-5-4(2)8(10)9(5)11(13,14-10)7(3)6/h2-9H,1H2/t2-,3+,4-,5-,6+,7+,8-,9+,10+,11+/m0/s1. The molecule has 4 bridgehead atoms. The minimum Gasteiger partial charge on any atom is -0.337 e. The summed E-state index contributed by atoms with van der Waals surface area (Å²) in [5.41, 5.74) is 0. The highest BCUT2D eigenvalue weighted by molar-refractivity contribution is 6.29. The van der Waals surface area contributed by atoms with Gasteiger partial charge in [-0.05, 0) is 30.1 Å². The highest BCUT2D eigenvalue weighted by atomic mass is 35.5. The molecule has 0 radical (unpaired) electrons. The Kier molecular flexibility index (Phi) is 0.715. The largest absolute Gasteiger partial charge is 0.337 e. The molecule has 0 N–H and O–H groups in total. The van der Waals surface area contributed by atoms with Crippen molar-refractivity contribution >= 4 is 23.2 Å². The molecule has 10 atom stereocenters. The van der Waals surface area contributed by atoms with Crippen LogP contribution in [0.25, 0.3) is 0 Å². The van der Waals surface area contributed by atoms with Crippen molar-refractivity contribution in [1.82, 2.24) is 0 Å². The Labute approximate surface area is 92.1 Å². The van der Waals surface area contributed by atoms with Gasteiger partial charge in [0.05, 0.1) is 0 Å². The lowest BCUT2D eigenvalue weighted by Gasteiger charge is -2.45. The van der Waals surface area contributed by atoms with E-state index in [1.165, 1.54) is 6.42 Å². The molecule has 2 aliphatic heterocycles. The summed E-state index contributed by atoms with van der Waals surface area (Å²) in [6, 6.07) is 0. The molecule has 1 nitrogen and oxygen atoms in total. The van der Waals surface area contributed by atoms with Gasteiger partial charge in [0.25, 0.3) is 0 Å². The molecule has 2 saturated heterocycles. The highest BCUT2D eigenvalue weighted by Crippen LogP contribution is 2.94. The Hall–Kier alpha value is 0.540. The second-order valence-electron chi connectivity index (χ2n) is 6.32. The van der Waals surface area contributed by atoms with Crippen LogP contribution in [-0.2, 0) is 4.74 Å². The zero-order chi connectivity index (χ0) is 9.03. The molecule has 5 aliphatic carbocycles. The molecular formula is C11H10Cl2O. The van der Waals surface area contributed by atoms with Crippen LogP contribution < -0.4 is 0 Å². The van der Waals surface area contributed by atoms with Crippen molar-refractivity contribution in [3.8, 4) is 0 Å². The molecule has 7 fully saturated rings. The monoisotopic (exact) mass is 228 g/mol. The van der Waals surface area contributed by atoms with Crippen molar-refractivity contribution in [3.05, 3.63) is 0 Å². The average Bonchev–Trinajstić information content (AvgIpc) is 2.60. The van der Waals surface area contributed by atoms with Gasteiger partial charge in [0.2, 0.25) is 0 Å². The van der Waals surface area contributed by atoms with E-state index in [-0.39, 0.29) is 10.1 Å². The average molecular weight is 229 g/mol. The molecule has 2 heterocycles. The Morgan fingerprint density at radius 3 is 1.86 bits per heavy atom. The number of alkyl halides is 2. The van der Waals surface area contributed by atoms with E-state index in [0.717, 1.165) is 23.7 Å². The SMILES string of the molecule is Cl[C@]12O[C@]3(Cl)[C@@H]4[C@H]5C[C@H]([C@H]6[C@H]5[C@H]3[C@@H]61)[C@H]42. The van der Waals surface area contributed by atoms with Crippen LogP contribution in [0, 0.1) is 47.3 Å². The lowest BCUT2D eigenvalue weighted by Crippen LogP contribution is -2.48. The van der Waals surface area contributed by atoms with Crippen LogP contribution in [0.3, 0.4) is 0 Å². The smallest absolute Gasteiger partial charge is 0.151 e. The van der Waals surface area contributed by atoms with Crippen LogP contribution in [0.4, 0.5) is 0 Å². The van der Waals surface area contributed by atoms with Gasteiger partial charge in [0.1, 0.15) is 0 Å². The van der Waals surface area contributed by atoms with Crippen molar-refractivity contribution in [2.24, 2.45) is 47.3 Å². The zero-order valence-corrected chi connectivity index (χ0v) is 9.00.